The van der Waals surface area contributed by atoms with Gasteiger partial charge in [-0.05, 0) is 36.4 Å². The molecule has 0 saturated heterocycles. The van der Waals surface area contributed by atoms with E-state index >= 15 is 0 Å². The van der Waals surface area contributed by atoms with E-state index in [0.717, 1.165) is 4.47 Å². The van der Waals surface area contributed by atoms with Crippen molar-refractivity contribution in [3.8, 4) is 5.75 Å². The number of hydrogen-bond acceptors (Lipinski definition) is 4. The first-order valence-corrected chi connectivity index (χ1v) is 7.89. The van der Waals surface area contributed by atoms with E-state index in [0.29, 0.717) is 27.0 Å². The number of hydrogen-bond donors (Lipinski definition) is 2. The van der Waals surface area contributed by atoms with Crippen molar-refractivity contribution >= 4 is 56.9 Å². The first-order chi connectivity index (χ1) is 11.0. The third-order valence-corrected chi connectivity index (χ3v) is 3.96. The summed E-state index contributed by atoms with van der Waals surface area (Å²) in [4.78, 5) is 11.9. The van der Waals surface area contributed by atoms with Gasteiger partial charge in [-0.25, -0.2) is 0 Å². The van der Waals surface area contributed by atoms with Crippen molar-refractivity contribution in [1.82, 2.24) is 0 Å². The van der Waals surface area contributed by atoms with Gasteiger partial charge >= 0.3 is 0 Å². The van der Waals surface area contributed by atoms with Crippen LogP contribution in [0, 0.1) is 0 Å². The lowest BCUT2D eigenvalue weighted by atomic mass is 10.2. The number of halogens is 3. The van der Waals surface area contributed by atoms with E-state index in [9.17, 15) is 4.79 Å². The highest BCUT2D eigenvalue weighted by atomic mass is 79.9. The van der Waals surface area contributed by atoms with E-state index < -0.39 is 0 Å². The topological polar surface area (TPSA) is 70.9 Å². The Labute approximate surface area is 151 Å². The van der Waals surface area contributed by atoms with Crippen LogP contribution in [0.2, 0.25) is 10.0 Å². The molecule has 2 rings (SSSR count). The maximum atomic E-state index is 11.9. The lowest BCUT2D eigenvalue weighted by Gasteiger charge is -2.10. The Morgan fingerprint density at radius 1 is 1.26 bits per heavy atom. The van der Waals surface area contributed by atoms with Crippen molar-refractivity contribution in [2.24, 2.45) is 5.16 Å². The number of rotatable bonds is 5. The first-order valence-electron chi connectivity index (χ1n) is 6.34. The van der Waals surface area contributed by atoms with Gasteiger partial charge in [-0.15, -0.1) is 0 Å². The van der Waals surface area contributed by atoms with E-state index in [1.54, 1.807) is 36.4 Å². The molecule has 0 spiro atoms. The van der Waals surface area contributed by atoms with Gasteiger partial charge in [0.25, 0.3) is 5.91 Å². The number of oxime groups is 1. The summed E-state index contributed by atoms with van der Waals surface area (Å²) in [5, 5.41) is 15.0. The van der Waals surface area contributed by atoms with Crippen LogP contribution in [0.5, 0.6) is 5.75 Å². The highest BCUT2D eigenvalue weighted by Gasteiger charge is 2.08. The zero-order chi connectivity index (χ0) is 16.8. The number of nitrogens with zero attached hydrogens (tertiary/aromatic N) is 1. The van der Waals surface area contributed by atoms with Gasteiger partial charge in [0.15, 0.2) is 6.61 Å². The average Bonchev–Trinajstić information content (AvgIpc) is 2.50. The van der Waals surface area contributed by atoms with Crippen molar-refractivity contribution in [1.29, 1.82) is 0 Å². The van der Waals surface area contributed by atoms with E-state index in [4.69, 9.17) is 33.1 Å². The van der Waals surface area contributed by atoms with Gasteiger partial charge in [-0.2, -0.15) is 0 Å². The van der Waals surface area contributed by atoms with Crippen LogP contribution in [-0.4, -0.2) is 23.9 Å². The number of anilines is 1. The second kappa shape index (κ2) is 8.19. The Balaban J connectivity index is 2.00. The zero-order valence-electron chi connectivity index (χ0n) is 11.6. The molecule has 0 aromatic heterocycles. The lowest BCUT2D eigenvalue weighted by molar-refractivity contribution is -0.118. The molecule has 120 valence electrons. The van der Waals surface area contributed by atoms with Crippen LogP contribution in [0.25, 0.3) is 0 Å². The van der Waals surface area contributed by atoms with E-state index in [1.165, 1.54) is 6.21 Å². The fourth-order valence-electron chi connectivity index (χ4n) is 1.73. The van der Waals surface area contributed by atoms with Gasteiger partial charge in [-0.3, -0.25) is 4.79 Å². The van der Waals surface area contributed by atoms with Gasteiger partial charge in [0.05, 0.1) is 16.3 Å². The maximum Gasteiger partial charge on any atom is 0.262 e. The summed E-state index contributed by atoms with van der Waals surface area (Å²) in [7, 11) is 0. The zero-order valence-corrected chi connectivity index (χ0v) is 14.7. The summed E-state index contributed by atoms with van der Waals surface area (Å²) in [6.45, 7) is -0.214. The predicted molar refractivity (Wildman–Crippen MR) is 94.1 cm³/mol. The van der Waals surface area contributed by atoms with Crippen LogP contribution < -0.4 is 10.1 Å². The number of benzene rings is 2. The number of amides is 1. The number of ether oxygens (including phenoxy) is 1. The van der Waals surface area contributed by atoms with Gasteiger partial charge in [-0.1, -0.05) is 44.3 Å². The SMILES string of the molecule is O=C(COc1ccc(Br)cc1C=NO)Nc1ccc(Cl)c(Cl)c1. The van der Waals surface area contributed by atoms with Crippen LogP contribution in [0.15, 0.2) is 46.0 Å². The van der Waals surface area contributed by atoms with Crippen molar-refractivity contribution in [3.63, 3.8) is 0 Å². The Bertz CT molecular complexity index is 753. The Morgan fingerprint density at radius 3 is 2.74 bits per heavy atom. The van der Waals surface area contributed by atoms with Gasteiger partial charge in [0.1, 0.15) is 5.75 Å². The predicted octanol–water partition coefficient (Wildman–Crippen LogP) is 4.58. The molecule has 1 amide bonds. The van der Waals surface area contributed by atoms with Crippen molar-refractivity contribution < 1.29 is 14.7 Å². The fraction of sp³-hybridized carbons (Fsp3) is 0.0667. The molecule has 0 saturated carbocycles. The van der Waals surface area contributed by atoms with Crippen molar-refractivity contribution in [2.45, 2.75) is 0 Å². The molecule has 0 aliphatic heterocycles. The Morgan fingerprint density at radius 2 is 2.04 bits per heavy atom. The Hall–Kier alpha value is -1.76. The molecule has 0 unspecified atom stereocenters. The molecule has 0 atom stereocenters. The second-order valence-electron chi connectivity index (χ2n) is 4.39. The average molecular weight is 418 g/mol. The van der Waals surface area contributed by atoms with Gasteiger partial charge in [0.2, 0.25) is 0 Å². The Kier molecular flexibility index (Phi) is 6.27. The minimum Gasteiger partial charge on any atom is -0.483 e. The molecule has 0 radical (unpaired) electrons. The summed E-state index contributed by atoms with van der Waals surface area (Å²) in [6, 6.07) is 9.88. The largest absolute Gasteiger partial charge is 0.483 e. The second-order valence-corrected chi connectivity index (χ2v) is 6.12. The number of carbonyl (C=O) groups is 1. The molecule has 0 aliphatic rings. The monoisotopic (exact) mass is 416 g/mol. The first kappa shape index (κ1) is 17.6. The molecule has 2 aromatic carbocycles. The third-order valence-electron chi connectivity index (χ3n) is 2.73. The highest BCUT2D eigenvalue weighted by molar-refractivity contribution is 9.10. The quantitative estimate of drug-likeness (QED) is 0.424. The van der Waals surface area contributed by atoms with Crippen LogP contribution >= 0.6 is 39.1 Å². The van der Waals surface area contributed by atoms with Crippen LogP contribution in [0.4, 0.5) is 5.69 Å². The molecule has 5 nitrogen and oxygen atoms in total. The standard InChI is InChI=1S/C15H11BrCl2N2O3/c16-10-1-4-14(9(5-10)7-19-22)23-8-15(21)20-11-2-3-12(17)13(18)6-11/h1-7,22H,8H2,(H,20,21). The summed E-state index contributed by atoms with van der Waals surface area (Å²) < 4.78 is 6.23. The molecule has 0 bridgehead atoms. The van der Waals surface area contributed by atoms with Crippen LogP contribution in [0.3, 0.4) is 0 Å². The number of nitrogens with one attached hydrogen (secondary N) is 1. The van der Waals surface area contributed by atoms with E-state index in [-0.39, 0.29) is 12.5 Å². The molecule has 2 aromatic rings. The van der Waals surface area contributed by atoms with Crippen molar-refractivity contribution in [2.75, 3.05) is 11.9 Å². The molecular formula is C15H11BrCl2N2O3. The molecule has 0 heterocycles. The van der Waals surface area contributed by atoms with E-state index in [1.807, 2.05) is 0 Å². The summed E-state index contributed by atoms with van der Waals surface area (Å²) in [5.41, 5.74) is 1.05. The fourth-order valence-corrected chi connectivity index (χ4v) is 2.40. The normalized spacial score (nSPS) is 10.7. The van der Waals surface area contributed by atoms with Gasteiger partial charge < -0.3 is 15.3 Å². The van der Waals surface area contributed by atoms with E-state index in [2.05, 4.69) is 26.4 Å². The molecular weight excluding hydrogens is 407 g/mol. The number of carbonyl (C=O) groups excluding carboxylic acids is 1. The minimum atomic E-state index is -0.363. The molecule has 23 heavy (non-hydrogen) atoms. The summed E-state index contributed by atoms with van der Waals surface area (Å²) in [6.07, 6.45) is 1.22. The smallest absolute Gasteiger partial charge is 0.262 e. The maximum absolute atomic E-state index is 11.9. The minimum absolute atomic E-state index is 0.214. The molecule has 2 N–H and O–H groups in total. The van der Waals surface area contributed by atoms with Crippen LogP contribution in [-0.2, 0) is 4.79 Å². The summed E-state index contributed by atoms with van der Waals surface area (Å²) in [5.74, 6) is 0.0495. The third kappa shape index (κ3) is 5.13. The lowest BCUT2D eigenvalue weighted by Crippen LogP contribution is -2.20. The van der Waals surface area contributed by atoms with Crippen LogP contribution in [0.1, 0.15) is 5.56 Å². The summed E-state index contributed by atoms with van der Waals surface area (Å²) >= 11 is 15.0. The highest BCUT2D eigenvalue weighted by Crippen LogP contribution is 2.25. The van der Waals surface area contributed by atoms with Gasteiger partial charge in [0, 0.05) is 15.7 Å². The molecule has 8 heteroatoms. The molecule has 0 fully saturated rings. The molecule has 0 aliphatic carbocycles. The van der Waals surface area contributed by atoms with Crippen molar-refractivity contribution in [3.05, 3.63) is 56.5 Å².